The highest BCUT2D eigenvalue weighted by Crippen LogP contribution is 2.45. The van der Waals surface area contributed by atoms with Crippen LogP contribution in [0.2, 0.25) is 0 Å². The summed E-state index contributed by atoms with van der Waals surface area (Å²) in [6.45, 7) is 8.26. The molecule has 1 saturated carbocycles. The molecule has 4 N–H and O–H groups in total. The van der Waals surface area contributed by atoms with Crippen molar-refractivity contribution < 1.29 is 10.0 Å². The molecule has 0 aliphatic heterocycles. The molecule has 5 nitrogen and oxygen atoms in total. The van der Waals surface area contributed by atoms with E-state index in [1.807, 2.05) is 13.8 Å². The Labute approximate surface area is 115 Å². The minimum absolute atomic E-state index is 0.0344. The van der Waals surface area contributed by atoms with Crippen LogP contribution in [0.15, 0.2) is 5.16 Å². The summed E-state index contributed by atoms with van der Waals surface area (Å²) in [5, 5.41) is 15.2. The Hall–Kier alpha value is -1.26. The lowest BCUT2D eigenvalue weighted by Gasteiger charge is -2.31. The van der Waals surface area contributed by atoms with Gasteiger partial charge in [0.25, 0.3) is 0 Å². The molecule has 5 heteroatoms. The molecular weight excluding hydrogens is 242 g/mol. The first kappa shape index (κ1) is 15.8. The molecule has 19 heavy (non-hydrogen) atoms. The van der Waals surface area contributed by atoms with Crippen LogP contribution in [0.3, 0.4) is 0 Å². The van der Waals surface area contributed by atoms with Crippen molar-refractivity contribution in [1.29, 1.82) is 0 Å². The molecule has 1 atom stereocenters. The average Bonchev–Trinajstić information content (AvgIpc) is 2.94. The third-order valence-corrected chi connectivity index (χ3v) is 4.20. The summed E-state index contributed by atoms with van der Waals surface area (Å²) >= 11 is 0. The van der Waals surface area contributed by atoms with Gasteiger partial charge in [0, 0.05) is 6.04 Å². The third-order valence-electron chi connectivity index (χ3n) is 4.20. The van der Waals surface area contributed by atoms with Crippen molar-refractivity contribution in [3.63, 3.8) is 0 Å². The summed E-state index contributed by atoms with van der Waals surface area (Å²) < 4.78 is 0. The van der Waals surface area contributed by atoms with E-state index in [2.05, 4.69) is 24.3 Å². The SMILES string of the molecule is CCCC(CCC)(C(=O)NC1CC1(C)C)C(N)=NO. The summed E-state index contributed by atoms with van der Waals surface area (Å²) in [6.07, 6.45) is 3.84. The standard InChI is InChI=1S/C14H27N3O2/c1-5-7-14(8-6-2,11(15)17-19)12(18)16-10-9-13(10,3)4/h10,19H,5-9H2,1-4H3,(H2,15,17)(H,16,18). The van der Waals surface area contributed by atoms with Gasteiger partial charge in [0.2, 0.25) is 5.91 Å². The van der Waals surface area contributed by atoms with Gasteiger partial charge < -0.3 is 16.3 Å². The molecule has 0 spiro atoms. The first-order valence-electron chi connectivity index (χ1n) is 7.13. The number of rotatable bonds is 7. The van der Waals surface area contributed by atoms with Gasteiger partial charge in [-0.3, -0.25) is 4.79 Å². The van der Waals surface area contributed by atoms with Crippen molar-refractivity contribution in [1.82, 2.24) is 5.32 Å². The minimum Gasteiger partial charge on any atom is -0.409 e. The van der Waals surface area contributed by atoms with E-state index in [4.69, 9.17) is 10.9 Å². The second-order valence-corrected chi connectivity index (χ2v) is 6.29. The molecule has 0 aromatic rings. The zero-order chi connectivity index (χ0) is 14.7. The normalized spacial score (nSPS) is 22.1. The second-order valence-electron chi connectivity index (χ2n) is 6.29. The molecule has 110 valence electrons. The van der Waals surface area contributed by atoms with E-state index < -0.39 is 5.41 Å². The second kappa shape index (κ2) is 5.80. The van der Waals surface area contributed by atoms with Gasteiger partial charge in [-0.25, -0.2) is 0 Å². The van der Waals surface area contributed by atoms with Crippen LogP contribution in [-0.2, 0) is 4.79 Å². The predicted octanol–water partition coefficient (Wildman–Crippen LogP) is 2.23. The van der Waals surface area contributed by atoms with Crippen molar-refractivity contribution in [2.75, 3.05) is 0 Å². The summed E-state index contributed by atoms with van der Waals surface area (Å²) in [6, 6.07) is 0.208. The van der Waals surface area contributed by atoms with E-state index >= 15 is 0 Å². The molecule has 1 aliphatic carbocycles. The van der Waals surface area contributed by atoms with Crippen molar-refractivity contribution in [3.05, 3.63) is 0 Å². The molecule has 0 bridgehead atoms. The summed E-state index contributed by atoms with van der Waals surface area (Å²) in [4.78, 5) is 12.6. The molecule has 1 aliphatic rings. The third kappa shape index (κ3) is 3.19. The van der Waals surface area contributed by atoms with Gasteiger partial charge in [0.15, 0.2) is 5.84 Å². The van der Waals surface area contributed by atoms with Crippen LogP contribution < -0.4 is 11.1 Å². The maximum atomic E-state index is 12.6. The zero-order valence-corrected chi connectivity index (χ0v) is 12.5. The molecule has 0 aromatic carbocycles. The Morgan fingerprint density at radius 2 is 1.89 bits per heavy atom. The zero-order valence-electron chi connectivity index (χ0n) is 12.5. The average molecular weight is 269 g/mol. The lowest BCUT2D eigenvalue weighted by atomic mass is 9.77. The van der Waals surface area contributed by atoms with Crippen molar-refractivity contribution in [2.24, 2.45) is 21.7 Å². The van der Waals surface area contributed by atoms with Gasteiger partial charge in [-0.2, -0.15) is 0 Å². The summed E-state index contributed by atoms with van der Waals surface area (Å²) in [5.74, 6) is -0.0609. The highest BCUT2D eigenvalue weighted by atomic mass is 16.4. The number of hydrogen-bond donors (Lipinski definition) is 3. The van der Waals surface area contributed by atoms with Crippen LogP contribution in [0, 0.1) is 10.8 Å². The Morgan fingerprint density at radius 3 is 2.21 bits per heavy atom. The van der Waals surface area contributed by atoms with Crippen molar-refractivity contribution >= 4 is 11.7 Å². The van der Waals surface area contributed by atoms with Gasteiger partial charge in [0.05, 0.1) is 0 Å². The maximum Gasteiger partial charge on any atom is 0.234 e. The molecule has 1 amide bonds. The molecule has 1 rings (SSSR count). The molecule has 0 saturated heterocycles. The fraction of sp³-hybridized carbons (Fsp3) is 0.857. The van der Waals surface area contributed by atoms with Crippen LogP contribution >= 0.6 is 0 Å². The Morgan fingerprint density at radius 1 is 1.42 bits per heavy atom. The molecule has 0 heterocycles. The number of carbonyl (C=O) groups is 1. The predicted molar refractivity (Wildman–Crippen MR) is 76.0 cm³/mol. The lowest BCUT2D eigenvalue weighted by molar-refractivity contribution is -0.128. The number of amides is 1. The summed E-state index contributed by atoms with van der Waals surface area (Å²) in [7, 11) is 0. The largest absolute Gasteiger partial charge is 0.409 e. The van der Waals surface area contributed by atoms with Gasteiger partial charge in [-0.1, -0.05) is 45.7 Å². The van der Waals surface area contributed by atoms with E-state index in [1.54, 1.807) is 0 Å². The molecule has 1 unspecified atom stereocenters. The summed E-state index contributed by atoms with van der Waals surface area (Å²) in [5.41, 5.74) is 5.14. The van der Waals surface area contributed by atoms with E-state index in [0.29, 0.717) is 12.8 Å². The number of nitrogens with one attached hydrogen (secondary N) is 1. The number of nitrogens with two attached hydrogens (primary N) is 1. The molecule has 0 radical (unpaired) electrons. The Kier molecular flexibility index (Phi) is 4.82. The van der Waals surface area contributed by atoms with Gasteiger partial charge >= 0.3 is 0 Å². The van der Waals surface area contributed by atoms with Crippen molar-refractivity contribution in [3.8, 4) is 0 Å². The van der Waals surface area contributed by atoms with Crippen LogP contribution in [-0.4, -0.2) is 23.0 Å². The monoisotopic (exact) mass is 269 g/mol. The fourth-order valence-electron chi connectivity index (χ4n) is 2.68. The topological polar surface area (TPSA) is 87.7 Å². The van der Waals surface area contributed by atoms with Gasteiger partial charge in [-0.05, 0) is 24.7 Å². The first-order valence-corrected chi connectivity index (χ1v) is 7.13. The molecule has 0 aromatic heterocycles. The highest BCUT2D eigenvalue weighted by Gasteiger charge is 2.50. The van der Waals surface area contributed by atoms with E-state index in [0.717, 1.165) is 19.3 Å². The lowest BCUT2D eigenvalue weighted by Crippen LogP contribution is -2.51. The van der Waals surface area contributed by atoms with Crippen LogP contribution in [0.1, 0.15) is 59.8 Å². The maximum absolute atomic E-state index is 12.6. The number of oxime groups is 1. The Bertz CT molecular complexity index is 358. The van der Waals surface area contributed by atoms with E-state index in [1.165, 1.54) is 0 Å². The van der Waals surface area contributed by atoms with Crippen molar-refractivity contribution in [2.45, 2.75) is 65.8 Å². The fourth-order valence-corrected chi connectivity index (χ4v) is 2.68. The number of hydrogen-bond acceptors (Lipinski definition) is 3. The molecule has 1 fully saturated rings. The van der Waals surface area contributed by atoms with Crippen LogP contribution in [0.4, 0.5) is 0 Å². The quantitative estimate of drug-likeness (QED) is 0.286. The van der Waals surface area contributed by atoms with Crippen LogP contribution in [0.5, 0.6) is 0 Å². The Balaban J connectivity index is 2.90. The number of carbonyl (C=O) groups excluding carboxylic acids is 1. The van der Waals surface area contributed by atoms with Gasteiger partial charge in [-0.15, -0.1) is 0 Å². The highest BCUT2D eigenvalue weighted by molar-refractivity contribution is 6.06. The van der Waals surface area contributed by atoms with E-state index in [9.17, 15) is 4.79 Å². The first-order chi connectivity index (χ1) is 8.84. The smallest absolute Gasteiger partial charge is 0.234 e. The van der Waals surface area contributed by atoms with E-state index in [-0.39, 0.29) is 23.2 Å². The number of amidine groups is 1. The van der Waals surface area contributed by atoms with Crippen LogP contribution in [0.25, 0.3) is 0 Å². The number of nitrogens with zero attached hydrogens (tertiary/aromatic N) is 1. The minimum atomic E-state index is -0.864. The van der Waals surface area contributed by atoms with Gasteiger partial charge in [0.1, 0.15) is 5.41 Å². The molecular formula is C14H27N3O2.